The minimum atomic E-state index is -1.68. The Morgan fingerprint density at radius 1 is 0.700 bits per heavy atom. The SMILES string of the molecule is CN1CCCN2CCN(C)CCC(O)(O)N(CC1)CC2. The van der Waals surface area contributed by atoms with E-state index in [1.807, 2.05) is 4.90 Å². The summed E-state index contributed by atoms with van der Waals surface area (Å²) in [6, 6.07) is 0. The summed E-state index contributed by atoms with van der Waals surface area (Å²) in [5, 5.41) is 20.8. The van der Waals surface area contributed by atoms with Crippen molar-refractivity contribution in [2.75, 3.05) is 73.0 Å². The van der Waals surface area contributed by atoms with Crippen LogP contribution in [0.1, 0.15) is 12.8 Å². The van der Waals surface area contributed by atoms with Crippen molar-refractivity contribution in [1.82, 2.24) is 19.6 Å². The molecule has 0 aliphatic carbocycles. The first-order chi connectivity index (χ1) is 9.47. The van der Waals surface area contributed by atoms with E-state index >= 15 is 0 Å². The van der Waals surface area contributed by atoms with E-state index in [1.165, 1.54) is 6.42 Å². The van der Waals surface area contributed by atoms with Gasteiger partial charge in [-0.05, 0) is 33.6 Å². The lowest BCUT2D eigenvalue weighted by molar-refractivity contribution is -0.271. The van der Waals surface area contributed by atoms with Gasteiger partial charge in [0.05, 0.1) is 0 Å². The fourth-order valence-electron chi connectivity index (χ4n) is 2.96. The Hall–Kier alpha value is -0.240. The lowest BCUT2D eigenvalue weighted by Crippen LogP contribution is -2.56. The summed E-state index contributed by atoms with van der Waals surface area (Å²) < 4.78 is 0. The van der Waals surface area contributed by atoms with E-state index in [4.69, 9.17) is 0 Å². The van der Waals surface area contributed by atoms with Crippen molar-refractivity contribution < 1.29 is 10.2 Å². The molecule has 0 spiro atoms. The topological polar surface area (TPSA) is 53.4 Å². The highest BCUT2D eigenvalue weighted by atomic mass is 16.5. The van der Waals surface area contributed by atoms with Crippen molar-refractivity contribution in [3.63, 3.8) is 0 Å². The molecule has 2 rings (SSSR count). The van der Waals surface area contributed by atoms with Crippen LogP contribution in [0.15, 0.2) is 0 Å². The zero-order valence-corrected chi connectivity index (χ0v) is 13.0. The van der Waals surface area contributed by atoms with Crippen molar-refractivity contribution in [2.24, 2.45) is 0 Å². The maximum Gasteiger partial charge on any atom is 0.226 e. The van der Waals surface area contributed by atoms with Crippen molar-refractivity contribution in [2.45, 2.75) is 18.8 Å². The highest BCUT2D eigenvalue weighted by Crippen LogP contribution is 2.16. The molecule has 0 radical (unpaired) electrons. The normalized spacial score (nSPS) is 34.8. The molecule has 0 amide bonds. The van der Waals surface area contributed by atoms with Gasteiger partial charge < -0.3 is 24.9 Å². The molecule has 6 heteroatoms. The van der Waals surface area contributed by atoms with Gasteiger partial charge >= 0.3 is 0 Å². The molecule has 20 heavy (non-hydrogen) atoms. The van der Waals surface area contributed by atoms with Crippen LogP contribution in [-0.2, 0) is 0 Å². The third-order valence-electron chi connectivity index (χ3n) is 4.59. The first kappa shape index (κ1) is 16.1. The molecule has 2 fully saturated rings. The maximum atomic E-state index is 10.4. The summed E-state index contributed by atoms with van der Waals surface area (Å²) in [7, 11) is 4.17. The molecule has 0 aromatic rings. The first-order valence-corrected chi connectivity index (χ1v) is 7.76. The second-order valence-electron chi connectivity index (χ2n) is 6.31. The summed E-state index contributed by atoms with van der Waals surface area (Å²) in [6.45, 7) is 8.18. The number of aliphatic hydroxyl groups is 2. The van der Waals surface area contributed by atoms with E-state index < -0.39 is 5.91 Å². The molecule has 2 atom stereocenters. The van der Waals surface area contributed by atoms with E-state index in [2.05, 4.69) is 28.8 Å². The van der Waals surface area contributed by atoms with Gasteiger partial charge in [-0.25, -0.2) is 0 Å². The molecule has 118 valence electrons. The van der Waals surface area contributed by atoms with E-state index in [-0.39, 0.29) is 0 Å². The Labute approximate surface area is 122 Å². The number of nitrogens with zero attached hydrogens (tertiary/aromatic N) is 4. The van der Waals surface area contributed by atoms with Gasteiger partial charge in [0.15, 0.2) is 0 Å². The smallest absolute Gasteiger partial charge is 0.226 e. The predicted molar refractivity (Wildman–Crippen MR) is 79.4 cm³/mol. The lowest BCUT2D eigenvalue weighted by Gasteiger charge is -2.40. The fourth-order valence-corrected chi connectivity index (χ4v) is 2.96. The molecule has 2 saturated heterocycles. The highest BCUT2D eigenvalue weighted by Gasteiger charge is 2.33. The summed E-state index contributed by atoms with van der Waals surface area (Å²) in [5.41, 5.74) is 0. The van der Waals surface area contributed by atoms with Gasteiger partial charge in [-0.15, -0.1) is 0 Å². The second-order valence-corrected chi connectivity index (χ2v) is 6.31. The Morgan fingerprint density at radius 3 is 2.10 bits per heavy atom. The number of rotatable bonds is 0. The van der Waals surface area contributed by atoms with Crippen LogP contribution in [0.2, 0.25) is 0 Å². The lowest BCUT2D eigenvalue weighted by atomic mass is 10.2. The third-order valence-corrected chi connectivity index (χ3v) is 4.59. The van der Waals surface area contributed by atoms with Crippen LogP contribution >= 0.6 is 0 Å². The van der Waals surface area contributed by atoms with Crippen LogP contribution in [0, 0.1) is 0 Å². The number of likely N-dealkylation sites (N-methyl/N-ethyl adjacent to an activating group) is 2. The number of fused-ring (bicyclic) bond motifs is 3. The van der Waals surface area contributed by atoms with Gasteiger partial charge in [0, 0.05) is 52.2 Å². The van der Waals surface area contributed by atoms with E-state index in [0.29, 0.717) is 19.5 Å². The molecule has 0 aromatic carbocycles. The molecule has 0 aromatic heterocycles. The minimum Gasteiger partial charge on any atom is -0.353 e. The van der Waals surface area contributed by atoms with Crippen LogP contribution in [0.4, 0.5) is 0 Å². The van der Waals surface area contributed by atoms with E-state index in [0.717, 1.165) is 45.8 Å². The maximum absolute atomic E-state index is 10.4. The average molecular weight is 286 g/mol. The molecular formula is C14H30N4O2. The Kier molecular flexibility index (Phi) is 5.77. The van der Waals surface area contributed by atoms with Gasteiger partial charge in [-0.1, -0.05) is 0 Å². The monoisotopic (exact) mass is 286 g/mol. The van der Waals surface area contributed by atoms with Gasteiger partial charge in [0.25, 0.3) is 0 Å². The summed E-state index contributed by atoms with van der Waals surface area (Å²) in [5.74, 6) is -1.68. The Balaban J connectivity index is 2.10. The Morgan fingerprint density at radius 2 is 1.30 bits per heavy atom. The van der Waals surface area contributed by atoms with Gasteiger partial charge in [-0.3, -0.25) is 4.90 Å². The molecule has 2 aliphatic heterocycles. The number of hydrogen-bond acceptors (Lipinski definition) is 6. The third kappa shape index (κ3) is 4.65. The standard InChI is InChI=1S/C14H30N4O2/c1-15-5-3-6-17-10-8-16(2)7-4-14(19,20)18(12-9-15)13-11-17/h19-20H,3-13H2,1-2H3. The molecule has 2 heterocycles. The molecule has 2 bridgehead atoms. The second kappa shape index (κ2) is 7.15. The quantitative estimate of drug-likeness (QED) is 0.552. The first-order valence-electron chi connectivity index (χ1n) is 7.76. The largest absolute Gasteiger partial charge is 0.353 e. The van der Waals surface area contributed by atoms with Crippen molar-refractivity contribution in [3.8, 4) is 0 Å². The van der Waals surface area contributed by atoms with Crippen molar-refractivity contribution in [3.05, 3.63) is 0 Å². The molecule has 2 unspecified atom stereocenters. The van der Waals surface area contributed by atoms with Crippen molar-refractivity contribution >= 4 is 0 Å². The van der Waals surface area contributed by atoms with Gasteiger partial charge in [-0.2, -0.15) is 0 Å². The van der Waals surface area contributed by atoms with Crippen LogP contribution in [0.25, 0.3) is 0 Å². The molecule has 0 saturated carbocycles. The average Bonchev–Trinajstić information content (AvgIpc) is 2.40. The Bertz CT molecular complexity index is 301. The van der Waals surface area contributed by atoms with Crippen LogP contribution < -0.4 is 0 Å². The highest BCUT2D eigenvalue weighted by molar-refractivity contribution is 4.77. The van der Waals surface area contributed by atoms with Gasteiger partial charge in [0.1, 0.15) is 0 Å². The molecule has 2 aliphatic rings. The molecular weight excluding hydrogens is 256 g/mol. The summed E-state index contributed by atoms with van der Waals surface area (Å²) in [4.78, 5) is 8.76. The zero-order valence-electron chi connectivity index (χ0n) is 13.0. The minimum absolute atomic E-state index is 0.382. The summed E-state index contributed by atoms with van der Waals surface area (Å²) in [6.07, 6.45) is 1.57. The van der Waals surface area contributed by atoms with Crippen molar-refractivity contribution in [1.29, 1.82) is 0 Å². The predicted octanol–water partition coefficient (Wildman–Crippen LogP) is -1.10. The van der Waals surface area contributed by atoms with Crippen LogP contribution in [0.3, 0.4) is 0 Å². The zero-order chi connectivity index (χ0) is 14.6. The van der Waals surface area contributed by atoms with Gasteiger partial charge in [0.2, 0.25) is 5.91 Å². The summed E-state index contributed by atoms with van der Waals surface area (Å²) >= 11 is 0. The molecule has 2 N–H and O–H groups in total. The fraction of sp³-hybridized carbons (Fsp3) is 1.00. The van der Waals surface area contributed by atoms with Crippen LogP contribution in [-0.4, -0.2) is 109 Å². The van der Waals surface area contributed by atoms with Crippen LogP contribution in [0.5, 0.6) is 0 Å². The molecule has 6 nitrogen and oxygen atoms in total. The van der Waals surface area contributed by atoms with E-state index in [1.54, 1.807) is 0 Å². The van der Waals surface area contributed by atoms with E-state index in [9.17, 15) is 10.2 Å². The number of hydrogen-bond donors (Lipinski definition) is 2.